The van der Waals surface area contributed by atoms with Crippen LogP contribution in [0.4, 0.5) is 0 Å². The van der Waals surface area contributed by atoms with Crippen LogP contribution in [-0.4, -0.2) is 62.3 Å². The molecule has 17 heavy (non-hydrogen) atoms. The van der Waals surface area contributed by atoms with Gasteiger partial charge < -0.3 is 14.5 Å². The second-order valence-corrected chi connectivity index (χ2v) is 5.38. The topological polar surface area (TPSA) is 58.8 Å². The molecule has 1 fully saturated rings. The number of ether oxygens (including phenoxy) is 1. The van der Waals surface area contributed by atoms with E-state index in [1.807, 2.05) is 13.8 Å². The van der Waals surface area contributed by atoms with Gasteiger partial charge in [-0.3, -0.25) is 10.5 Å². The summed E-state index contributed by atoms with van der Waals surface area (Å²) in [6.07, 6.45) is 0.815. The van der Waals surface area contributed by atoms with Crippen LogP contribution in [0.1, 0.15) is 20.3 Å². The average molecular weight is 243 g/mol. The Balaban J connectivity index is 2.31. The molecule has 0 radical (unpaired) electrons. The zero-order valence-electron chi connectivity index (χ0n) is 11.2. The smallest absolute Gasteiger partial charge is 0.312 e. The number of hydrogen-bond acceptors (Lipinski definition) is 5. The number of likely N-dealkylation sites (N-methyl/N-ethyl adjacent to an activating group) is 1. The van der Waals surface area contributed by atoms with Gasteiger partial charge in [-0.25, -0.2) is 0 Å². The molecule has 0 saturated carbocycles. The van der Waals surface area contributed by atoms with Gasteiger partial charge >= 0.3 is 5.97 Å². The Bertz CT molecular complexity index is 248. The van der Waals surface area contributed by atoms with Gasteiger partial charge in [-0.1, -0.05) is 0 Å². The van der Waals surface area contributed by atoms with Crippen LogP contribution < -0.4 is 5.73 Å². The molecule has 1 aliphatic rings. The summed E-state index contributed by atoms with van der Waals surface area (Å²) in [4.78, 5) is 16.4. The van der Waals surface area contributed by atoms with Crippen LogP contribution in [0, 0.1) is 5.41 Å². The minimum Gasteiger partial charge on any atom is -0.450 e. The first kappa shape index (κ1) is 14.4. The fourth-order valence-electron chi connectivity index (χ4n) is 1.88. The summed E-state index contributed by atoms with van der Waals surface area (Å²) >= 11 is 0. The lowest BCUT2D eigenvalue weighted by Gasteiger charge is -2.34. The molecule has 0 spiro atoms. The van der Waals surface area contributed by atoms with E-state index in [9.17, 15) is 4.79 Å². The molecule has 0 atom stereocenters. The summed E-state index contributed by atoms with van der Waals surface area (Å²) in [7, 11) is 2.14. The molecule has 1 rings (SSSR count). The van der Waals surface area contributed by atoms with Gasteiger partial charge in [-0.2, -0.15) is 0 Å². The van der Waals surface area contributed by atoms with E-state index in [2.05, 4.69) is 16.8 Å². The second-order valence-electron chi connectivity index (χ2n) is 5.38. The van der Waals surface area contributed by atoms with Crippen molar-refractivity contribution >= 4 is 5.97 Å². The monoisotopic (exact) mass is 243 g/mol. The highest BCUT2D eigenvalue weighted by Crippen LogP contribution is 2.22. The third-order valence-electron chi connectivity index (χ3n) is 3.42. The number of carbonyl (C=O) groups is 1. The molecule has 0 aromatic rings. The van der Waals surface area contributed by atoms with Crippen molar-refractivity contribution < 1.29 is 9.53 Å². The van der Waals surface area contributed by atoms with E-state index in [-0.39, 0.29) is 12.7 Å². The molecule has 0 amide bonds. The minimum absolute atomic E-state index is 0.0310. The van der Waals surface area contributed by atoms with Gasteiger partial charge in [-0.15, -0.1) is 0 Å². The van der Waals surface area contributed by atoms with Crippen molar-refractivity contribution in [1.29, 1.82) is 0 Å². The predicted octanol–water partition coefficient (Wildman–Crippen LogP) is 0.110. The van der Waals surface area contributed by atoms with Crippen molar-refractivity contribution in [2.45, 2.75) is 20.3 Å². The zero-order valence-corrected chi connectivity index (χ0v) is 11.2. The number of hydrogen-bond donors (Lipinski definition) is 1. The lowest BCUT2D eigenvalue weighted by Crippen LogP contribution is -2.45. The summed E-state index contributed by atoms with van der Waals surface area (Å²) in [5.74, 6) is -0.200. The molecule has 1 heterocycles. The molecule has 0 aromatic heterocycles. The SMILES string of the molecule is CN1CCN(CCC(C)(C)C(=O)OCN)CC1. The van der Waals surface area contributed by atoms with Crippen LogP contribution in [0.25, 0.3) is 0 Å². The average Bonchev–Trinajstić information content (AvgIpc) is 2.29. The summed E-state index contributed by atoms with van der Waals surface area (Å²) < 4.78 is 4.88. The van der Waals surface area contributed by atoms with Crippen LogP contribution in [0.15, 0.2) is 0 Å². The molecule has 0 aliphatic carbocycles. The Morgan fingerprint density at radius 2 is 1.88 bits per heavy atom. The predicted molar refractivity (Wildman–Crippen MR) is 67.5 cm³/mol. The van der Waals surface area contributed by atoms with E-state index in [0.717, 1.165) is 39.1 Å². The maximum absolute atomic E-state index is 11.7. The van der Waals surface area contributed by atoms with Crippen molar-refractivity contribution in [3.8, 4) is 0 Å². The first-order valence-electron chi connectivity index (χ1n) is 6.24. The van der Waals surface area contributed by atoms with E-state index in [1.54, 1.807) is 0 Å². The van der Waals surface area contributed by atoms with Crippen LogP contribution in [0.2, 0.25) is 0 Å². The van der Waals surface area contributed by atoms with Gasteiger partial charge in [0.05, 0.1) is 5.41 Å². The van der Waals surface area contributed by atoms with Gasteiger partial charge in [0.1, 0.15) is 6.73 Å². The number of piperazine rings is 1. The molecule has 1 saturated heterocycles. The maximum Gasteiger partial charge on any atom is 0.312 e. The number of rotatable bonds is 5. The van der Waals surface area contributed by atoms with Crippen LogP contribution >= 0.6 is 0 Å². The Hall–Kier alpha value is -0.650. The highest BCUT2D eigenvalue weighted by atomic mass is 16.5. The van der Waals surface area contributed by atoms with Gasteiger partial charge in [-0.05, 0) is 33.9 Å². The molecule has 0 unspecified atom stereocenters. The van der Waals surface area contributed by atoms with Gasteiger partial charge in [0.25, 0.3) is 0 Å². The van der Waals surface area contributed by atoms with Crippen molar-refractivity contribution in [3.05, 3.63) is 0 Å². The molecule has 0 aromatic carbocycles. The fourth-order valence-corrected chi connectivity index (χ4v) is 1.88. The second kappa shape index (κ2) is 6.33. The maximum atomic E-state index is 11.7. The molecule has 5 heteroatoms. The van der Waals surface area contributed by atoms with Crippen LogP contribution in [0.3, 0.4) is 0 Å². The molecule has 1 aliphatic heterocycles. The van der Waals surface area contributed by atoms with Gasteiger partial charge in [0.2, 0.25) is 0 Å². The third-order valence-corrected chi connectivity index (χ3v) is 3.42. The Morgan fingerprint density at radius 1 is 1.29 bits per heavy atom. The first-order chi connectivity index (χ1) is 7.95. The Kier molecular flexibility index (Phi) is 5.36. The standard InChI is InChI=1S/C12H25N3O2/c1-12(2,11(16)17-10-13)4-5-15-8-6-14(3)7-9-15/h4-10,13H2,1-3H3. The van der Waals surface area contributed by atoms with E-state index in [4.69, 9.17) is 10.5 Å². The van der Waals surface area contributed by atoms with Crippen LogP contribution in [-0.2, 0) is 9.53 Å². The summed E-state index contributed by atoms with van der Waals surface area (Å²) in [5.41, 5.74) is 4.78. The molecule has 5 nitrogen and oxygen atoms in total. The largest absolute Gasteiger partial charge is 0.450 e. The number of esters is 1. The van der Waals surface area contributed by atoms with Gasteiger partial charge in [0.15, 0.2) is 0 Å². The van der Waals surface area contributed by atoms with Crippen molar-refractivity contribution in [1.82, 2.24) is 9.80 Å². The minimum atomic E-state index is -0.442. The van der Waals surface area contributed by atoms with E-state index < -0.39 is 5.41 Å². The van der Waals surface area contributed by atoms with E-state index in [0.29, 0.717) is 0 Å². The normalized spacial score (nSPS) is 19.3. The molecule has 2 N–H and O–H groups in total. The molecular formula is C12H25N3O2. The van der Waals surface area contributed by atoms with E-state index in [1.165, 1.54) is 0 Å². The van der Waals surface area contributed by atoms with Crippen molar-refractivity contribution in [2.75, 3.05) is 46.5 Å². The lowest BCUT2D eigenvalue weighted by atomic mass is 9.89. The Labute approximate surface area is 104 Å². The highest BCUT2D eigenvalue weighted by Gasteiger charge is 2.29. The highest BCUT2D eigenvalue weighted by molar-refractivity contribution is 5.75. The zero-order chi connectivity index (χ0) is 12.9. The number of carbonyl (C=O) groups excluding carboxylic acids is 1. The van der Waals surface area contributed by atoms with Crippen molar-refractivity contribution in [3.63, 3.8) is 0 Å². The summed E-state index contributed by atoms with van der Waals surface area (Å²) in [6, 6.07) is 0. The van der Waals surface area contributed by atoms with Gasteiger partial charge in [0, 0.05) is 26.2 Å². The Morgan fingerprint density at radius 3 is 2.41 bits per heavy atom. The fraction of sp³-hybridized carbons (Fsp3) is 0.917. The number of nitrogens with two attached hydrogens (primary N) is 1. The third kappa shape index (κ3) is 4.61. The summed E-state index contributed by atoms with van der Waals surface area (Å²) in [5, 5.41) is 0. The first-order valence-corrected chi connectivity index (χ1v) is 6.24. The van der Waals surface area contributed by atoms with Crippen LogP contribution in [0.5, 0.6) is 0 Å². The lowest BCUT2D eigenvalue weighted by molar-refractivity contribution is -0.154. The number of nitrogens with zero attached hydrogens (tertiary/aromatic N) is 2. The quantitative estimate of drug-likeness (QED) is 0.548. The molecule has 100 valence electrons. The summed E-state index contributed by atoms with van der Waals surface area (Å²) in [6.45, 7) is 9.12. The molecule has 0 bridgehead atoms. The van der Waals surface area contributed by atoms with Crippen molar-refractivity contribution in [2.24, 2.45) is 11.1 Å². The van der Waals surface area contributed by atoms with E-state index >= 15 is 0 Å². The molecular weight excluding hydrogens is 218 g/mol.